The Morgan fingerprint density at radius 2 is 2.00 bits per heavy atom. The summed E-state index contributed by atoms with van der Waals surface area (Å²) in [5, 5.41) is 8.32. The minimum absolute atomic E-state index is 0.175. The van der Waals surface area contributed by atoms with Gasteiger partial charge in [0.05, 0.1) is 6.54 Å². The number of nitrogens with zero attached hydrogens (tertiary/aromatic N) is 3. The van der Waals surface area contributed by atoms with E-state index in [0.717, 1.165) is 11.0 Å². The van der Waals surface area contributed by atoms with Crippen LogP contribution in [0.2, 0.25) is 5.28 Å². The zero-order valence-corrected chi connectivity index (χ0v) is 12.7. The molecular formula is C10H11BrClN5S. The lowest BCUT2D eigenvalue weighted by Gasteiger charge is -2.06. The molecular weight excluding hydrogens is 338 g/mol. The van der Waals surface area contributed by atoms with E-state index in [9.17, 15) is 0 Å². The quantitative estimate of drug-likeness (QED) is 0.867. The van der Waals surface area contributed by atoms with Gasteiger partial charge in [0, 0.05) is 15.9 Å². The van der Waals surface area contributed by atoms with E-state index in [2.05, 4.69) is 41.5 Å². The van der Waals surface area contributed by atoms with Crippen molar-refractivity contribution in [2.75, 3.05) is 17.2 Å². The molecule has 2 rings (SSSR count). The largest absolute Gasteiger partial charge is 0.354 e. The summed E-state index contributed by atoms with van der Waals surface area (Å²) in [6, 6.07) is 2.01. The monoisotopic (exact) mass is 347 g/mol. The summed E-state index contributed by atoms with van der Waals surface area (Å²) in [6.45, 7) is 3.34. The lowest BCUT2D eigenvalue weighted by Crippen LogP contribution is -2.08. The van der Waals surface area contributed by atoms with Gasteiger partial charge in [-0.1, -0.05) is 0 Å². The van der Waals surface area contributed by atoms with Crippen molar-refractivity contribution in [1.29, 1.82) is 0 Å². The second-order valence-electron chi connectivity index (χ2n) is 3.33. The van der Waals surface area contributed by atoms with E-state index in [1.165, 1.54) is 4.88 Å². The second kappa shape index (κ2) is 6.31. The molecule has 0 fully saturated rings. The molecule has 8 heteroatoms. The lowest BCUT2D eigenvalue weighted by atomic mass is 10.5. The molecule has 0 amide bonds. The highest BCUT2D eigenvalue weighted by Crippen LogP contribution is 2.23. The molecule has 0 bridgehead atoms. The van der Waals surface area contributed by atoms with Crippen LogP contribution in [-0.2, 0) is 6.54 Å². The highest BCUT2D eigenvalue weighted by atomic mass is 79.9. The zero-order chi connectivity index (χ0) is 13.0. The molecule has 2 aromatic heterocycles. The lowest BCUT2D eigenvalue weighted by molar-refractivity contribution is 0.992. The Morgan fingerprint density at radius 1 is 1.28 bits per heavy atom. The van der Waals surface area contributed by atoms with Gasteiger partial charge in [0.1, 0.15) is 0 Å². The van der Waals surface area contributed by atoms with Crippen molar-refractivity contribution in [2.24, 2.45) is 0 Å². The molecule has 0 spiro atoms. The fourth-order valence-corrected chi connectivity index (χ4v) is 2.87. The van der Waals surface area contributed by atoms with E-state index in [4.69, 9.17) is 11.6 Å². The Morgan fingerprint density at radius 3 is 2.61 bits per heavy atom. The Bertz CT molecular complexity index is 533. The van der Waals surface area contributed by atoms with Crippen LogP contribution in [0.3, 0.4) is 0 Å². The van der Waals surface area contributed by atoms with Gasteiger partial charge in [-0.3, -0.25) is 0 Å². The third-order valence-corrected chi connectivity index (χ3v) is 4.14. The fourth-order valence-electron chi connectivity index (χ4n) is 1.28. The van der Waals surface area contributed by atoms with Gasteiger partial charge < -0.3 is 10.6 Å². The average molecular weight is 349 g/mol. The van der Waals surface area contributed by atoms with Gasteiger partial charge in [-0.05, 0) is 45.9 Å². The van der Waals surface area contributed by atoms with E-state index >= 15 is 0 Å². The molecule has 5 nitrogen and oxygen atoms in total. The maximum atomic E-state index is 5.83. The first-order valence-electron chi connectivity index (χ1n) is 5.30. The van der Waals surface area contributed by atoms with E-state index in [1.54, 1.807) is 11.3 Å². The van der Waals surface area contributed by atoms with Gasteiger partial charge in [0.25, 0.3) is 0 Å². The van der Waals surface area contributed by atoms with Gasteiger partial charge in [-0.2, -0.15) is 15.0 Å². The number of nitrogens with one attached hydrogen (secondary N) is 2. The van der Waals surface area contributed by atoms with Crippen LogP contribution in [0.4, 0.5) is 11.9 Å². The number of hydrogen-bond acceptors (Lipinski definition) is 6. The molecule has 0 aliphatic rings. The predicted molar refractivity (Wildman–Crippen MR) is 78.3 cm³/mol. The van der Waals surface area contributed by atoms with E-state index in [1.807, 2.05) is 18.4 Å². The SMILES string of the molecule is CCNc1nc(Cl)nc(NCc2sccc2Br)n1. The highest BCUT2D eigenvalue weighted by Gasteiger charge is 2.06. The van der Waals surface area contributed by atoms with Crippen molar-refractivity contribution in [3.05, 3.63) is 26.1 Å². The number of hydrogen-bond donors (Lipinski definition) is 2. The Balaban J connectivity index is 2.07. The Hall–Kier alpha value is -0.920. The first kappa shape index (κ1) is 13.5. The number of thiophene rings is 1. The van der Waals surface area contributed by atoms with Crippen LogP contribution in [0.25, 0.3) is 0 Å². The summed E-state index contributed by atoms with van der Waals surface area (Å²) < 4.78 is 1.08. The second-order valence-corrected chi connectivity index (χ2v) is 5.52. The van der Waals surface area contributed by atoms with Gasteiger partial charge in [0.15, 0.2) is 0 Å². The van der Waals surface area contributed by atoms with Crippen molar-refractivity contribution < 1.29 is 0 Å². The van der Waals surface area contributed by atoms with Crippen LogP contribution in [0.15, 0.2) is 15.9 Å². The van der Waals surface area contributed by atoms with Crippen LogP contribution < -0.4 is 10.6 Å². The number of rotatable bonds is 5. The summed E-state index contributed by atoms with van der Waals surface area (Å²) in [7, 11) is 0. The summed E-state index contributed by atoms with van der Waals surface area (Å²) in [4.78, 5) is 13.4. The fraction of sp³-hybridized carbons (Fsp3) is 0.300. The number of halogens is 2. The van der Waals surface area contributed by atoms with E-state index < -0.39 is 0 Å². The summed E-state index contributed by atoms with van der Waals surface area (Å²) >= 11 is 11.0. The molecule has 0 unspecified atom stereocenters. The molecule has 0 atom stereocenters. The molecule has 0 aromatic carbocycles. The third-order valence-electron chi connectivity index (χ3n) is 2.04. The van der Waals surface area contributed by atoms with Crippen LogP contribution in [-0.4, -0.2) is 21.5 Å². The molecule has 2 aromatic rings. The first-order chi connectivity index (χ1) is 8.69. The van der Waals surface area contributed by atoms with Crippen molar-refractivity contribution >= 4 is 50.8 Å². The van der Waals surface area contributed by atoms with Crippen LogP contribution >= 0.6 is 38.9 Å². The van der Waals surface area contributed by atoms with Gasteiger partial charge in [0.2, 0.25) is 17.2 Å². The molecule has 0 radical (unpaired) electrons. The molecule has 0 aliphatic heterocycles. The number of anilines is 2. The molecule has 0 aliphatic carbocycles. The van der Waals surface area contributed by atoms with Gasteiger partial charge >= 0.3 is 0 Å². The standard InChI is InChI=1S/C10H11BrClN5S/c1-2-13-9-15-8(12)16-10(17-9)14-5-7-6(11)3-4-18-7/h3-4H,2,5H2,1H3,(H2,13,14,15,16,17). The normalized spacial score (nSPS) is 10.4. The third kappa shape index (κ3) is 3.54. The van der Waals surface area contributed by atoms with Crippen molar-refractivity contribution in [3.8, 4) is 0 Å². The molecule has 2 N–H and O–H groups in total. The molecule has 0 saturated heterocycles. The van der Waals surface area contributed by atoms with E-state index in [-0.39, 0.29) is 5.28 Å². The minimum Gasteiger partial charge on any atom is -0.354 e. The molecule has 2 heterocycles. The summed E-state index contributed by atoms with van der Waals surface area (Å²) in [5.74, 6) is 0.941. The van der Waals surface area contributed by atoms with Crippen molar-refractivity contribution in [2.45, 2.75) is 13.5 Å². The van der Waals surface area contributed by atoms with Crippen LogP contribution in [0.1, 0.15) is 11.8 Å². The van der Waals surface area contributed by atoms with Crippen molar-refractivity contribution in [1.82, 2.24) is 15.0 Å². The maximum Gasteiger partial charge on any atom is 0.229 e. The molecule has 0 saturated carbocycles. The number of aromatic nitrogens is 3. The van der Waals surface area contributed by atoms with Gasteiger partial charge in [-0.15, -0.1) is 11.3 Å². The van der Waals surface area contributed by atoms with Crippen LogP contribution in [0.5, 0.6) is 0 Å². The zero-order valence-electron chi connectivity index (χ0n) is 9.57. The Labute approximate surface area is 122 Å². The maximum absolute atomic E-state index is 5.83. The molecule has 96 valence electrons. The van der Waals surface area contributed by atoms with Crippen LogP contribution in [0, 0.1) is 0 Å². The summed E-state index contributed by atoms with van der Waals surface area (Å²) in [5.41, 5.74) is 0. The van der Waals surface area contributed by atoms with Gasteiger partial charge in [-0.25, -0.2) is 0 Å². The van der Waals surface area contributed by atoms with E-state index in [0.29, 0.717) is 18.4 Å². The Kier molecular flexibility index (Phi) is 4.73. The molecule has 18 heavy (non-hydrogen) atoms. The minimum atomic E-state index is 0.175. The van der Waals surface area contributed by atoms with Crippen molar-refractivity contribution in [3.63, 3.8) is 0 Å². The average Bonchev–Trinajstić information content (AvgIpc) is 2.72. The predicted octanol–water partition coefficient (Wildman–Crippen LogP) is 3.39. The smallest absolute Gasteiger partial charge is 0.229 e. The summed E-state index contributed by atoms with van der Waals surface area (Å²) in [6.07, 6.45) is 0. The first-order valence-corrected chi connectivity index (χ1v) is 7.35. The topological polar surface area (TPSA) is 62.7 Å². The highest BCUT2D eigenvalue weighted by molar-refractivity contribution is 9.10.